The lowest BCUT2D eigenvalue weighted by atomic mass is 10.1. The van der Waals surface area contributed by atoms with Gasteiger partial charge in [0.15, 0.2) is 0 Å². The Bertz CT molecular complexity index is 525. The molecule has 0 amide bonds. The molecule has 0 aliphatic carbocycles. The largest absolute Gasteiger partial charge is 0.457 e. The Hall–Kier alpha value is -0.740. The first-order valence-corrected chi connectivity index (χ1v) is 6.89. The first-order chi connectivity index (χ1) is 8.19. The van der Waals surface area contributed by atoms with Crippen LogP contribution >= 0.6 is 34.2 Å². The molecule has 0 spiro atoms. The number of hydrogen-bond acceptors (Lipinski definition) is 1. The van der Waals surface area contributed by atoms with E-state index in [0.29, 0.717) is 5.88 Å². The minimum atomic E-state index is 0.459. The third-order valence-corrected chi connectivity index (χ3v) is 3.34. The Morgan fingerprint density at radius 1 is 1.18 bits per heavy atom. The van der Waals surface area contributed by atoms with Gasteiger partial charge < -0.3 is 4.74 Å². The molecule has 2 rings (SSSR count). The van der Waals surface area contributed by atoms with Crippen LogP contribution in [0.4, 0.5) is 0 Å². The van der Waals surface area contributed by atoms with Gasteiger partial charge in [-0.25, -0.2) is 0 Å². The molecule has 0 aliphatic heterocycles. The van der Waals surface area contributed by atoms with E-state index < -0.39 is 0 Å². The summed E-state index contributed by atoms with van der Waals surface area (Å²) in [5.74, 6) is 2.13. The predicted molar refractivity (Wildman–Crippen MR) is 80.0 cm³/mol. The Balaban J connectivity index is 2.29. The molecule has 0 N–H and O–H groups in total. The van der Waals surface area contributed by atoms with Crippen molar-refractivity contribution in [3.63, 3.8) is 0 Å². The summed E-state index contributed by atoms with van der Waals surface area (Å²) in [6, 6.07) is 14.0. The molecule has 88 valence electrons. The van der Waals surface area contributed by atoms with E-state index in [0.717, 1.165) is 20.6 Å². The van der Waals surface area contributed by atoms with Crippen molar-refractivity contribution in [2.75, 3.05) is 0 Å². The van der Waals surface area contributed by atoms with Gasteiger partial charge in [-0.1, -0.05) is 23.8 Å². The Morgan fingerprint density at radius 2 is 2.00 bits per heavy atom. The van der Waals surface area contributed by atoms with E-state index in [4.69, 9.17) is 16.3 Å². The molecule has 2 aromatic carbocycles. The van der Waals surface area contributed by atoms with E-state index in [9.17, 15) is 0 Å². The van der Waals surface area contributed by atoms with Gasteiger partial charge in [0.25, 0.3) is 0 Å². The van der Waals surface area contributed by atoms with E-state index >= 15 is 0 Å². The van der Waals surface area contributed by atoms with Crippen molar-refractivity contribution in [3.05, 3.63) is 57.2 Å². The highest BCUT2D eigenvalue weighted by molar-refractivity contribution is 14.1. The lowest BCUT2D eigenvalue weighted by molar-refractivity contribution is 0.478. The summed E-state index contributed by atoms with van der Waals surface area (Å²) in [4.78, 5) is 0. The number of halogens is 2. The molecule has 0 radical (unpaired) electrons. The quantitative estimate of drug-likeness (QED) is 0.546. The fourth-order valence-electron chi connectivity index (χ4n) is 1.57. The maximum Gasteiger partial charge on any atom is 0.131 e. The molecule has 0 aliphatic rings. The minimum Gasteiger partial charge on any atom is -0.457 e. The topological polar surface area (TPSA) is 9.23 Å². The zero-order valence-electron chi connectivity index (χ0n) is 9.41. The fourth-order valence-corrected chi connectivity index (χ4v) is 2.29. The third kappa shape index (κ3) is 3.36. The molecule has 3 heteroatoms. The van der Waals surface area contributed by atoms with Gasteiger partial charge in [0.2, 0.25) is 0 Å². The molecule has 2 aromatic rings. The summed E-state index contributed by atoms with van der Waals surface area (Å²) < 4.78 is 7.00. The monoisotopic (exact) mass is 358 g/mol. The minimum absolute atomic E-state index is 0.459. The number of rotatable bonds is 3. The van der Waals surface area contributed by atoms with Crippen molar-refractivity contribution in [1.29, 1.82) is 0 Å². The second kappa shape index (κ2) is 5.74. The van der Waals surface area contributed by atoms with E-state index in [1.54, 1.807) is 0 Å². The van der Waals surface area contributed by atoms with Crippen LogP contribution in [0.5, 0.6) is 11.5 Å². The molecule has 0 saturated heterocycles. The number of hydrogen-bond donors (Lipinski definition) is 0. The first-order valence-electron chi connectivity index (χ1n) is 5.28. The highest BCUT2D eigenvalue weighted by Crippen LogP contribution is 2.28. The zero-order valence-corrected chi connectivity index (χ0v) is 12.3. The predicted octanol–water partition coefficient (Wildman–Crippen LogP) is 5.13. The number of alkyl halides is 1. The molecule has 0 bridgehead atoms. The highest BCUT2D eigenvalue weighted by Gasteiger charge is 2.04. The molecule has 0 unspecified atom stereocenters. The van der Waals surface area contributed by atoms with Crippen LogP contribution in [-0.4, -0.2) is 0 Å². The van der Waals surface area contributed by atoms with Gasteiger partial charge in [0, 0.05) is 9.13 Å². The fraction of sp³-hybridized carbons (Fsp3) is 0.143. The van der Waals surface area contributed by atoms with E-state index in [2.05, 4.69) is 28.7 Å². The Morgan fingerprint density at radius 3 is 2.71 bits per heavy atom. The maximum atomic E-state index is 5.92. The average Bonchev–Trinajstić information content (AvgIpc) is 2.31. The lowest BCUT2D eigenvalue weighted by Gasteiger charge is -2.10. The molecule has 0 fully saturated rings. The van der Waals surface area contributed by atoms with Crippen molar-refractivity contribution in [3.8, 4) is 11.5 Å². The lowest BCUT2D eigenvalue weighted by Crippen LogP contribution is -1.90. The summed E-state index contributed by atoms with van der Waals surface area (Å²) in [6.07, 6.45) is 0. The highest BCUT2D eigenvalue weighted by atomic mass is 127. The van der Waals surface area contributed by atoms with Crippen LogP contribution in [0, 0.1) is 10.5 Å². The Labute approximate surface area is 120 Å². The van der Waals surface area contributed by atoms with Gasteiger partial charge in [-0.05, 0) is 53.8 Å². The third-order valence-electron chi connectivity index (χ3n) is 2.38. The standard InChI is InChI=1S/C14H12ClIO/c1-10-5-6-14(11(7-10)9-15)17-13-4-2-3-12(16)8-13/h2-8H,9H2,1H3. The molecule has 0 heterocycles. The van der Waals surface area contributed by atoms with Gasteiger partial charge in [-0.3, -0.25) is 0 Å². The van der Waals surface area contributed by atoms with Gasteiger partial charge >= 0.3 is 0 Å². The van der Waals surface area contributed by atoms with Crippen molar-refractivity contribution in [2.24, 2.45) is 0 Å². The van der Waals surface area contributed by atoms with E-state index in [-0.39, 0.29) is 0 Å². The van der Waals surface area contributed by atoms with Crippen LogP contribution < -0.4 is 4.74 Å². The van der Waals surface area contributed by atoms with Crippen molar-refractivity contribution in [1.82, 2.24) is 0 Å². The van der Waals surface area contributed by atoms with E-state index in [1.165, 1.54) is 5.56 Å². The van der Waals surface area contributed by atoms with Crippen LogP contribution in [0.2, 0.25) is 0 Å². The molecule has 0 aromatic heterocycles. The normalized spacial score (nSPS) is 10.3. The second-order valence-corrected chi connectivity index (χ2v) is 5.32. The molecule has 0 atom stereocenters. The van der Waals surface area contributed by atoms with Crippen LogP contribution in [0.3, 0.4) is 0 Å². The smallest absolute Gasteiger partial charge is 0.131 e. The van der Waals surface area contributed by atoms with Gasteiger partial charge in [-0.2, -0.15) is 0 Å². The summed E-state index contributed by atoms with van der Waals surface area (Å²) in [5.41, 5.74) is 2.21. The SMILES string of the molecule is Cc1ccc(Oc2cccc(I)c2)c(CCl)c1. The molecular formula is C14H12ClIO. The summed E-state index contributed by atoms with van der Waals surface area (Å²) >= 11 is 8.19. The van der Waals surface area contributed by atoms with Crippen molar-refractivity contribution >= 4 is 34.2 Å². The van der Waals surface area contributed by atoms with Crippen LogP contribution in [0.15, 0.2) is 42.5 Å². The summed E-state index contributed by atoms with van der Waals surface area (Å²) in [6.45, 7) is 2.05. The summed E-state index contributed by atoms with van der Waals surface area (Å²) in [7, 11) is 0. The first kappa shape index (κ1) is 12.7. The second-order valence-electron chi connectivity index (χ2n) is 3.80. The number of aryl methyl sites for hydroxylation is 1. The number of benzene rings is 2. The van der Waals surface area contributed by atoms with Gasteiger partial charge in [0.1, 0.15) is 11.5 Å². The molecule has 1 nitrogen and oxygen atoms in total. The number of ether oxygens (including phenoxy) is 1. The summed E-state index contributed by atoms with van der Waals surface area (Å²) in [5, 5.41) is 0. The zero-order chi connectivity index (χ0) is 12.3. The van der Waals surface area contributed by atoms with Crippen LogP contribution in [0.25, 0.3) is 0 Å². The molecular weight excluding hydrogens is 347 g/mol. The maximum absolute atomic E-state index is 5.92. The Kier molecular flexibility index (Phi) is 4.29. The van der Waals surface area contributed by atoms with Crippen LogP contribution in [-0.2, 0) is 5.88 Å². The molecule has 17 heavy (non-hydrogen) atoms. The van der Waals surface area contributed by atoms with Gasteiger partial charge in [-0.15, -0.1) is 11.6 Å². The van der Waals surface area contributed by atoms with Crippen molar-refractivity contribution < 1.29 is 4.74 Å². The van der Waals surface area contributed by atoms with Gasteiger partial charge in [0.05, 0.1) is 5.88 Å². The van der Waals surface area contributed by atoms with Crippen LogP contribution in [0.1, 0.15) is 11.1 Å². The molecule has 0 saturated carbocycles. The average molecular weight is 359 g/mol. The van der Waals surface area contributed by atoms with Crippen molar-refractivity contribution in [2.45, 2.75) is 12.8 Å². The van der Waals surface area contributed by atoms with E-state index in [1.807, 2.05) is 43.3 Å².